The summed E-state index contributed by atoms with van der Waals surface area (Å²) in [5.41, 5.74) is 0.815. The van der Waals surface area contributed by atoms with Gasteiger partial charge < -0.3 is 5.32 Å². The predicted octanol–water partition coefficient (Wildman–Crippen LogP) is 4.53. The van der Waals surface area contributed by atoms with Crippen LogP contribution in [0.15, 0.2) is 23.2 Å². The highest BCUT2D eigenvalue weighted by atomic mass is 35.5. The van der Waals surface area contributed by atoms with Crippen LogP contribution in [0.5, 0.6) is 0 Å². The molecule has 0 aromatic heterocycles. The number of nitrogens with zero attached hydrogens (tertiary/aromatic N) is 1. The van der Waals surface area contributed by atoms with Gasteiger partial charge in [0.2, 0.25) is 0 Å². The molecule has 2 nitrogen and oxygen atoms in total. The van der Waals surface area contributed by atoms with Gasteiger partial charge in [0, 0.05) is 10.8 Å². The minimum Gasteiger partial charge on any atom is -0.334 e. The second-order valence-electron chi connectivity index (χ2n) is 4.31. The van der Waals surface area contributed by atoms with E-state index in [2.05, 4.69) is 24.2 Å². The van der Waals surface area contributed by atoms with Crippen LogP contribution in [0, 0.1) is 5.92 Å². The van der Waals surface area contributed by atoms with E-state index in [9.17, 15) is 0 Å². The first-order chi connectivity index (χ1) is 8.06. The van der Waals surface area contributed by atoms with E-state index in [1.54, 1.807) is 23.9 Å². The van der Waals surface area contributed by atoms with E-state index in [-0.39, 0.29) is 0 Å². The zero-order valence-electron chi connectivity index (χ0n) is 9.71. The second kappa shape index (κ2) is 5.51. The number of rotatable bonds is 2. The smallest absolute Gasteiger partial charge is 0.161 e. The van der Waals surface area contributed by atoms with Crippen molar-refractivity contribution >= 4 is 45.8 Å². The van der Waals surface area contributed by atoms with Gasteiger partial charge in [-0.2, -0.15) is 0 Å². The number of aliphatic imine (C=N–C) groups is 1. The molecule has 0 spiro atoms. The molecule has 1 aromatic carbocycles. The van der Waals surface area contributed by atoms with Crippen molar-refractivity contribution in [1.29, 1.82) is 0 Å². The molecule has 0 saturated heterocycles. The van der Waals surface area contributed by atoms with E-state index in [0.717, 1.165) is 16.6 Å². The number of halogens is 2. The average Bonchev–Trinajstić information content (AvgIpc) is 2.72. The summed E-state index contributed by atoms with van der Waals surface area (Å²) in [7, 11) is 0. The van der Waals surface area contributed by atoms with Crippen molar-refractivity contribution in [3.05, 3.63) is 28.2 Å². The maximum absolute atomic E-state index is 6.09. The van der Waals surface area contributed by atoms with E-state index in [0.29, 0.717) is 22.0 Å². The molecule has 0 radical (unpaired) electrons. The minimum atomic E-state index is 0.389. The Labute approximate surface area is 116 Å². The number of anilines is 1. The van der Waals surface area contributed by atoms with Crippen LogP contribution in [0.3, 0.4) is 0 Å². The van der Waals surface area contributed by atoms with E-state index in [4.69, 9.17) is 23.2 Å². The van der Waals surface area contributed by atoms with Crippen LogP contribution in [0.25, 0.3) is 0 Å². The summed E-state index contributed by atoms with van der Waals surface area (Å²) in [4.78, 5) is 4.62. The highest BCUT2D eigenvalue weighted by molar-refractivity contribution is 8.14. The summed E-state index contributed by atoms with van der Waals surface area (Å²) < 4.78 is 0. The first-order valence-corrected chi connectivity index (χ1v) is 7.23. The van der Waals surface area contributed by atoms with Crippen LogP contribution in [-0.2, 0) is 0 Å². The number of nitrogens with one attached hydrogen (secondary N) is 1. The third-order valence-electron chi connectivity index (χ3n) is 2.61. The average molecular weight is 289 g/mol. The SMILES string of the molecule is CC(C)C1CSC(Nc2cc(Cl)ccc2Cl)=N1. The molecule has 92 valence electrons. The zero-order chi connectivity index (χ0) is 12.4. The summed E-state index contributed by atoms with van der Waals surface area (Å²) in [6, 6.07) is 5.76. The Kier molecular flexibility index (Phi) is 4.23. The van der Waals surface area contributed by atoms with E-state index >= 15 is 0 Å². The molecular formula is C12H14Cl2N2S. The number of hydrogen-bond acceptors (Lipinski definition) is 3. The van der Waals surface area contributed by atoms with E-state index in [1.807, 2.05) is 6.07 Å². The Morgan fingerprint density at radius 3 is 2.82 bits per heavy atom. The first kappa shape index (κ1) is 13.1. The van der Waals surface area contributed by atoms with Crippen LogP contribution in [-0.4, -0.2) is 17.0 Å². The fourth-order valence-electron chi connectivity index (χ4n) is 1.51. The van der Waals surface area contributed by atoms with Crippen molar-refractivity contribution in [2.24, 2.45) is 10.9 Å². The molecule has 5 heteroatoms. The second-order valence-corrected chi connectivity index (χ2v) is 6.16. The maximum atomic E-state index is 6.09. The zero-order valence-corrected chi connectivity index (χ0v) is 12.0. The number of amidine groups is 1. The lowest BCUT2D eigenvalue weighted by Crippen LogP contribution is -2.12. The molecule has 0 amide bonds. The highest BCUT2D eigenvalue weighted by Crippen LogP contribution is 2.29. The summed E-state index contributed by atoms with van der Waals surface area (Å²) in [6.07, 6.45) is 0. The van der Waals surface area contributed by atoms with E-state index < -0.39 is 0 Å². The molecule has 0 fully saturated rings. The molecule has 17 heavy (non-hydrogen) atoms. The molecule has 1 heterocycles. The summed E-state index contributed by atoms with van der Waals surface area (Å²) in [6.45, 7) is 4.37. The summed E-state index contributed by atoms with van der Waals surface area (Å²) in [5, 5.41) is 5.48. The molecule has 2 rings (SSSR count). The topological polar surface area (TPSA) is 24.4 Å². The molecule has 1 aromatic rings. The van der Waals surface area contributed by atoms with Gasteiger partial charge in [0.1, 0.15) is 0 Å². The van der Waals surface area contributed by atoms with Crippen LogP contribution >= 0.6 is 35.0 Å². The normalized spacial score (nSPS) is 19.6. The summed E-state index contributed by atoms with van der Waals surface area (Å²) in [5.74, 6) is 1.59. The third-order valence-corrected chi connectivity index (χ3v) is 4.17. The maximum Gasteiger partial charge on any atom is 0.161 e. The van der Waals surface area contributed by atoms with Gasteiger partial charge in [-0.3, -0.25) is 4.99 Å². The molecule has 1 aliphatic rings. The molecule has 0 aliphatic carbocycles. The molecule has 0 bridgehead atoms. The lowest BCUT2D eigenvalue weighted by molar-refractivity contribution is 0.543. The number of benzene rings is 1. The highest BCUT2D eigenvalue weighted by Gasteiger charge is 2.21. The van der Waals surface area contributed by atoms with Gasteiger partial charge in [-0.05, 0) is 24.1 Å². The van der Waals surface area contributed by atoms with Gasteiger partial charge in [-0.25, -0.2) is 0 Å². The van der Waals surface area contributed by atoms with Crippen molar-refractivity contribution in [3.8, 4) is 0 Å². The monoisotopic (exact) mass is 288 g/mol. The molecule has 1 atom stereocenters. The summed E-state index contributed by atoms with van der Waals surface area (Å²) >= 11 is 13.7. The Balaban J connectivity index is 2.11. The van der Waals surface area contributed by atoms with Gasteiger partial charge in [0.25, 0.3) is 0 Å². The van der Waals surface area contributed by atoms with Gasteiger partial charge in [-0.15, -0.1) is 0 Å². The Morgan fingerprint density at radius 2 is 2.18 bits per heavy atom. The Bertz CT molecular complexity index is 446. The third kappa shape index (κ3) is 3.30. The fraction of sp³-hybridized carbons (Fsp3) is 0.417. The largest absolute Gasteiger partial charge is 0.334 e. The van der Waals surface area contributed by atoms with Crippen molar-refractivity contribution < 1.29 is 0 Å². The minimum absolute atomic E-state index is 0.389. The Morgan fingerprint density at radius 1 is 1.41 bits per heavy atom. The van der Waals surface area contributed by atoms with Crippen LogP contribution in [0.2, 0.25) is 10.0 Å². The van der Waals surface area contributed by atoms with Crippen LogP contribution in [0.1, 0.15) is 13.8 Å². The predicted molar refractivity (Wildman–Crippen MR) is 78.6 cm³/mol. The van der Waals surface area contributed by atoms with Crippen LogP contribution in [0.4, 0.5) is 5.69 Å². The molecule has 1 aliphatic heterocycles. The molecular weight excluding hydrogens is 275 g/mol. The fourth-order valence-corrected chi connectivity index (χ4v) is 3.02. The van der Waals surface area contributed by atoms with E-state index in [1.165, 1.54) is 0 Å². The van der Waals surface area contributed by atoms with Gasteiger partial charge >= 0.3 is 0 Å². The van der Waals surface area contributed by atoms with Crippen molar-refractivity contribution in [2.45, 2.75) is 19.9 Å². The number of thioether (sulfide) groups is 1. The van der Waals surface area contributed by atoms with Gasteiger partial charge in [0.05, 0.1) is 16.8 Å². The standard InChI is InChI=1S/C12H14Cl2N2S/c1-7(2)11-6-17-12(16-11)15-10-5-8(13)3-4-9(10)14/h3-5,7,11H,6H2,1-2H3,(H,15,16). The quantitative estimate of drug-likeness (QED) is 0.864. The van der Waals surface area contributed by atoms with Gasteiger partial charge in [0.15, 0.2) is 5.17 Å². The molecule has 0 saturated carbocycles. The molecule has 1 unspecified atom stereocenters. The lowest BCUT2D eigenvalue weighted by atomic mass is 10.1. The van der Waals surface area contributed by atoms with Crippen molar-refractivity contribution in [1.82, 2.24) is 0 Å². The first-order valence-electron chi connectivity index (χ1n) is 5.49. The number of hydrogen-bond donors (Lipinski definition) is 1. The van der Waals surface area contributed by atoms with Crippen molar-refractivity contribution in [2.75, 3.05) is 11.1 Å². The Hall–Kier alpha value is -0.380. The van der Waals surface area contributed by atoms with Gasteiger partial charge in [-0.1, -0.05) is 48.8 Å². The van der Waals surface area contributed by atoms with Crippen molar-refractivity contribution in [3.63, 3.8) is 0 Å². The molecule has 1 N–H and O–H groups in total. The lowest BCUT2D eigenvalue weighted by Gasteiger charge is -2.08. The van der Waals surface area contributed by atoms with Crippen LogP contribution < -0.4 is 5.32 Å².